The monoisotopic (exact) mass is 307 g/mol. The van der Waals surface area contributed by atoms with Crippen LogP contribution in [0, 0.1) is 0 Å². The third-order valence-electron chi connectivity index (χ3n) is 4.45. The van der Waals surface area contributed by atoms with Gasteiger partial charge in [0.05, 0.1) is 9.52 Å². The van der Waals surface area contributed by atoms with E-state index < -0.39 is 0 Å². The van der Waals surface area contributed by atoms with Gasteiger partial charge in [-0.2, -0.15) is 0 Å². The van der Waals surface area contributed by atoms with E-state index in [2.05, 4.69) is 78.4 Å². The Kier molecular flexibility index (Phi) is 5.12. The number of aryl methyl sites for hydroxylation is 1. The molecule has 3 aromatic rings. The van der Waals surface area contributed by atoms with Crippen LogP contribution in [0.3, 0.4) is 0 Å². The van der Waals surface area contributed by atoms with Crippen molar-refractivity contribution >= 4 is 25.6 Å². The number of unbranched alkanes of at least 4 members (excludes halogenated alkanes) is 1. The Morgan fingerprint density at radius 1 is 0.909 bits per heavy atom. The van der Waals surface area contributed by atoms with Crippen molar-refractivity contribution in [3.05, 3.63) is 66.9 Å². The highest BCUT2D eigenvalue weighted by molar-refractivity contribution is 6.54. The molecule has 1 nitrogen and oxygen atoms in total. The molecule has 0 unspecified atom stereocenters. The molecule has 0 fully saturated rings. The number of hydrogen-bond donors (Lipinski definition) is 0. The normalized spacial score (nSPS) is 13.1. The van der Waals surface area contributed by atoms with Gasteiger partial charge in [-0.3, -0.25) is 0 Å². The van der Waals surface area contributed by atoms with Crippen LogP contribution in [-0.2, 0) is 6.54 Å². The fourth-order valence-corrected chi connectivity index (χ4v) is 5.07. The Bertz CT molecular complexity index is 702. The number of benzene rings is 2. The minimum atomic E-state index is -0.108. The predicted octanol–water partition coefficient (Wildman–Crippen LogP) is 4.11. The van der Waals surface area contributed by atoms with Crippen LogP contribution in [0.15, 0.2) is 66.9 Å². The molecule has 0 aliphatic heterocycles. The van der Waals surface area contributed by atoms with Crippen LogP contribution in [0.4, 0.5) is 0 Å². The summed E-state index contributed by atoms with van der Waals surface area (Å²) in [6, 6.07) is 21.9. The molecule has 0 saturated heterocycles. The Hall–Kier alpha value is -1.80. The Labute approximate surface area is 135 Å². The van der Waals surface area contributed by atoms with Crippen LogP contribution < -0.4 is 5.19 Å². The van der Waals surface area contributed by atoms with Gasteiger partial charge in [0.1, 0.15) is 0 Å². The van der Waals surface area contributed by atoms with Crippen molar-refractivity contribution < 1.29 is 0 Å². The first-order chi connectivity index (χ1) is 10.8. The van der Waals surface area contributed by atoms with E-state index in [1.165, 1.54) is 30.2 Å². The quantitative estimate of drug-likeness (QED) is 0.457. The topological polar surface area (TPSA) is 4.93 Å². The lowest BCUT2D eigenvalue weighted by Gasteiger charge is -2.11. The molecule has 114 valence electrons. The van der Waals surface area contributed by atoms with Crippen molar-refractivity contribution in [2.75, 3.05) is 0 Å². The minimum Gasteiger partial charge on any atom is -0.347 e. The zero-order chi connectivity index (χ0) is 15.2. The first kappa shape index (κ1) is 15.1. The summed E-state index contributed by atoms with van der Waals surface area (Å²) in [6.45, 7) is 3.58. The lowest BCUT2D eigenvalue weighted by molar-refractivity contribution is 0.592. The molecule has 0 radical (unpaired) electrons. The van der Waals surface area contributed by atoms with Gasteiger partial charge in [-0.25, -0.2) is 0 Å². The Morgan fingerprint density at radius 2 is 1.68 bits per heavy atom. The van der Waals surface area contributed by atoms with Gasteiger partial charge in [0.2, 0.25) is 0 Å². The molecule has 0 aliphatic carbocycles. The van der Waals surface area contributed by atoms with Gasteiger partial charge < -0.3 is 4.57 Å². The predicted molar refractivity (Wildman–Crippen MR) is 99.8 cm³/mol. The largest absolute Gasteiger partial charge is 0.347 e. The van der Waals surface area contributed by atoms with E-state index in [0.717, 1.165) is 12.1 Å². The van der Waals surface area contributed by atoms with Crippen LogP contribution >= 0.6 is 0 Å². The molecule has 1 atom stereocenters. The number of fused-ring (bicyclic) bond motifs is 1. The summed E-state index contributed by atoms with van der Waals surface area (Å²) in [7, 11) is -0.108. The van der Waals surface area contributed by atoms with E-state index in [4.69, 9.17) is 0 Å². The summed E-state index contributed by atoms with van der Waals surface area (Å²) in [5, 5.41) is 2.96. The first-order valence-electron chi connectivity index (χ1n) is 8.41. The lowest BCUT2D eigenvalue weighted by atomic mass is 10.2. The minimum absolute atomic E-state index is 0.108. The Balaban J connectivity index is 1.43. The van der Waals surface area contributed by atoms with E-state index in [0.29, 0.717) is 0 Å². The third-order valence-corrected chi connectivity index (χ3v) is 6.50. The second-order valence-corrected chi connectivity index (χ2v) is 8.98. The fourth-order valence-electron chi connectivity index (χ4n) is 3.23. The average Bonchev–Trinajstić information content (AvgIpc) is 2.96. The molecule has 0 aliphatic rings. The summed E-state index contributed by atoms with van der Waals surface area (Å²) in [6.07, 6.45) is 6.23. The number of rotatable bonds is 7. The first-order valence-corrected chi connectivity index (χ1v) is 9.93. The molecule has 0 bridgehead atoms. The van der Waals surface area contributed by atoms with Crippen LogP contribution in [0.5, 0.6) is 0 Å². The van der Waals surface area contributed by atoms with E-state index in [1.807, 2.05) is 0 Å². The molecule has 2 heteroatoms. The smallest absolute Gasteiger partial charge is 0.0575 e. The van der Waals surface area contributed by atoms with E-state index >= 15 is 0 Å². The van der Waals surface area contributed by atoms with Crippen LogP contribution in [-0.4, -0.2) is 14.1 Å². The second-order valence-electron chi connectivity index (χ2n) is 6.36. The molecule has 0 spiro atoms. The molecule has 22 heavy (non-hydrogen) atoms. The zero-order valence-corrected chi connectivity index (χ0v) is 14.8. The molecule has 3 rings (SSSR count). The second kappa shape index (κ2) is 7.46. The molecule has 0 amide bonds. The lowest BCUT2D eigenvalue weighted by Crippen LogP contribution is -2.17. The standard InChI is InChI=1S/C20H25NSi/c1-17(22-19-11-3-2-4-12-19)9-7-8-15-21-16-14-18-10-5-6-13-20(18)21/h2-6,10-14,16-17H,7-9,15,22H2,1H3/t17-/m0/s1. The molecular formula is C20H25NSi. The number of nitrogens with zero attached hydrogens (tertiary/aromatic N) is 1. The molecule has 0 saturated carbocycles. The summed E-state index contributed by atoms with van der Waals surface area (Å²) < 4.78 is 2.40. The van der Waals surface area contributed by atoms with Crippen molar-refractivity contribution in [1.29, 1.82) is 0 Å². The van der Waals surface area contributed by atoms with Gasteiger partial charge in [-0.1, -0.05) is 73.5 Å². The molecule has 2 aromatic carbocycles. The Morgan fingerprint density at radius 3 is 2.55 bits per heavy atom. The number of hydrogen-bond acceptors (Lipinski definition) is 0. The summed E-state index contributed by atoms with van der Waals surface area (Å²) in [5.74, 6) is 0. The van der Waals surface area contributed by atoms with Gasteiger partial charge in [0.15, 0.2) is 0 Å². The van der Waals surface area contributed by atoms with Gasteiger partial charge in [0.25, 0.3) is 0 Å². The molecular weight excluding hydrogens is 282 g/mol. The van der Waals surface area contributed by atoms with Crippen molar-refractivity contribution in [3.8, 4) is 0 Å². The maximum absolute atomic E-state index is 2.43. The highest BCUT2D eigenvalue weighted by Gasteiger charge is 2.05. The van der Waals surface area contributed by atoms with Crippen LogP contribution in [0.1, 0.15) is 26.2 Å². The van der Waals surface area contributed by atoms with Crippen molar-refractivity contribution in [2.24, 2.45) is 0 Å². The fraction of sp³-hybridized carbons (Fsp3) is 0.300. The van der Waals surface area contributed by atoms with Gasteiger partial charge >= 0.3 is 0 Å². The summed E-state index contributed by atoms with van der Waals surface area (Å²) in [5.41, 5.74) is 2.28. The molecule has 1 heterocycles. The molecule has 0 N–H and O–H groups in total. The summed E-state index contributed by atoms with van der Waals surface area (Å²) >= 11 is 0. The third kappa shape index (κ3) is 3.89. The van der Waals surface area contributed by atoms with Gasteiger partial charge in [-0.05, 0) is 29.5 Å². The highest BCUT2D eigenvalue weighted by Crippen LogP contribution is 2.17. The highest BCUT2D eigenvalue weighted by atomic mass is 28.2. The summed E-state index contributed by atoms with van der Waals surface area (Å²) in [4.78, 5) is 0. The van der Waals surface area contributed by atoms with Crippen LogP contribution in [0.2, 0.25) is 5.54 Å². The van der Waals surface area contributed by atoms with Gasteiger partial charge in [-0.15, -0.1) is 0 Å². The van der Waals surface area contributed by atoms with E-state index in [1.54, 1.807) is 5.19 Å². The maximum atomic E-state index is 2.43. The molecule has 1 aromatic heterocycles. The maximum Gasteiger partial charge on any atom is 0.0575 e. The zero-order valence-electron chi connectivity index (χ0n) is 13.4. The average molecular weight is 308 g/mol. The van der Waals surface area contributed by atoms with Crippen LogP contribution in [0.25, 0.3) is 10.9 Å². The van der Waals surface area contributed by atoms with E-state index in [9.17, 15) is 0 Å². The van der Waals surface area contributed by atoms with E-state index in [-0.39, 0.29) is 9.52 Å². The van der Waals surface area contributed by atoms with Crippen molar-refractivity contribution in [3.63, 3.8) is 0 Å². The number of para-hydroxylation sites is 1. The van der Waals surface area contributed by atoms with Crippen molar-refractivity contribution in [2.45, 2.75) is 38.3 Å². The van der Waals surface area contributed by atoms with Crippen molar-refractivity contribution in [1.82, 2.24) is 4.57 Å². The number of aromatic nitrogens is 1. The van der Waals surface area contributed by atoms with Gasteiger partial charge in [0, 0.05) is 18.3 Å². The SMILES string of the molecule is C[C@@H](CCCCn1ccc2ccccc21)[SiH2]c1ccccc1.